The molecule has 0 aromatic heterocycles. The van der Waals surface area contributed by atoms with Crippen LogP contribution in [0.5, 0.6) is 11.5 Å². The number of amides is 1. The number of carbonyl (C=O) groups is 1. The first-order chi connectivity index (χ1) is 9.10. The van der Waals surface area contributed by atoms with E-state index in [1.807, 2.05) is 0 Å². The van der Waals surface area contributed by atoms with E-state index in [9.17, 15) is 15.0 Å². The summed E-state index contributed by atoms with van der Waals surface area (Å²) in [4.78, 5) is 12.1. The van der Waals surface area contributed by atoms with Crippen molar-refractivity contribution in [2.45, 2.75) is 45.1 Å². The van der Waals surface area contributed by atoms with Crippen molar-refractivity contribution in [1.82, 2.24) is 5.32 Å². The van der Waals surface area contributed by atoms with Gasteiger partial charge in [0.05, 0.1) is 0 Å². The molecule has 104 valence electrons. The molecule has 1 amide bonds. The van der Waals surface area contributed by atoms with Crippen LogP contribution in [0.4, 0.5) is 0 Å². The number of benzene rings is 1. The Hall–Kier alpha value is -1.71. The van der Waals surface area contributed by atoms with Crippen LogP contribution in [-0.2, 0) is 0 Å². The molecule has 0 saturated heterocycles. The van der Waals surface area contributed by atoms with E-state index in [-0.39, 0.29) is 23.4 Å². The van der Waals surface area contributed by atoms with E-state index in [1.54, 1.807) is 0 Å². The summed E-state index contributed by atoms with van der Waals surface area (Å²) in [5, 5.41) is 21.7. The Morgan fingerprint density at radius 3 is 2.79 bits per heavy atom. The highest BCUT2D eigenvalue weighted by Gasteiger charge is 2.22. The number of phenolic OH excluding ortho intramolecular Hbond substituents is 2. The summed E-state index contributed by atoms with van der Waals surface area (Å²) < 4.78 is 0. The van der Waals surface area contributed by atoms with E-state index in [2.05, 4.69) is 12.2 Å². The molecule has 2 rings (SSSR count). The molecule has 0 heterocycles. The Labute approximate surface area is 113 Å². The lowest BCUT2D eigenvalue weighted by molar-refractivity contribution is 0.0918. The van der Waals surface area contributed by atoms with Gasteiger partial charge in [-0.05, 0) is 37.0 Å². The minimum absolute atomic E-state index is 0.183. The van der Waals surface area contributed by atoms with Crippen LogP contribution in [0.1, 0.15) is 49.4 Å². The van der Waals surface area contributed by atoms with Crippen molar-refractivity contribution in [2.75, 3.05) is 0 Å². The Morgan fingerprint density at radius 1 is 1.32 bits per heavy atom. The van der Waals surface area contributed by atoms with Gasteiger partial charge in [0.1, 0.15) is 0 Å². The second-order valence-corrected chi connectivity index (χ2v) is 5.31. The molecule has 1 saturated carbocycles. The van der Waals surface area contributed by atoms with Gasteiger partial charge in [0, 0.05) is 11.6 Å². The molecule has 1 aliphatic carbocycles. The van der Waals surface area contributed by atoms with Gasteiger partial charge in [0.2, 0.25) is 0 Å². The summed E-state index contributed by atoms with van der Waals surface area (Å²) in [6.45, 7) is 2.19. The predicted molar refractivity (Wildman–Crippen MR) is 73.3 cm³/mol. The zero-order chi connectivity index (χ0) is 13.8. The van der Waals surface area contributed by atoms with Crippen LogP contribution in [0, 0.1) is 5.92 Å². The second-order valence-electron chi connectivity index (χ2n) is 5.31. The zero-order valence-corrected chi connectivity index (χ0v) is 11.2. The maximum Gasteiger partial charge on any atom is 0.251 e. The van der Waals surface area contributed by atoms with Crippen LogP contribution in [0.15, 0.2) is 18.2 Å². The van der Waals surface area contributed by atoms with Crippen molar-refractivity contribution >= 4 is 5.91 Å². The molecule has 0 bridgehead atoms. The van der Waals surface area contributed by atoms with E-state index in [0.717, 1.165) is 25.7 Å². The highest BCUT2D eigenvalue weighted by Crippen LogP contribution is 2.28. The summed E-state index contributed by atoms with van der Waals surface area (Å²) in [5.74, 6) is 0.0484. The van der Waals surface area contributed by atoms with Crippen molar-refractivity contribution < 1.29 is 15.0 Å². The maximum atomic E-state index is 12.1. The van der Waals surface area contributed by atoms with Crippen molar-refractivity contribution in [3.63, 3.8) is 0 Å². The Bertz CT molecular complexity index is 459. The van der Waals surface area contributed by atoms with Crippen LogP contribution in [0.25, 0.3) is 0 Å². The molecule has 1 aromatic rings. The van der Waals surface area contributed by atoms with Gasteiger partial charge < -0.3 is 15.5 Å². The van der Waals surface area contributed by atoms with Gasteiger partial charge in [-0.15, -0.1) is 0 Å². The van der Waals surface area contributed by atoms with Gasteiger partial charge >= 0.3 is 0 Å². The SMILES string of the molecule is CCC1CCCC(NC(=O)c2ccc(O)c(O)c2)C1. The quantitative estimate of drug-likeness (QED) is 0.734. The zero-order valence-electron chi connectivity index (χ0n) is 11.2. The standard InChI is InChI=1S/C15H21NO3/c1-2-10-4-3-5-12(8-10)16-15(19)11-6-7-13(17)14(18)9-11/h6-7,9-10,12,17-18H,2-5,8H2,1H3,(H,16,19). The van der Waals surface area contributed by atoms with E-state index in [1.165, 1.54) is 24.6 Å². The average molecular weight is 263 g/mol. The molecule has 4 nitrogen and oxygen atoms in total. The lowest BCUT2D eigenvalue weighted by Gasteiger charge is -2.29. The third-order valence-electron chi connectivity index (χ3n) is 3.93. The molecule has 3 N–H and O–H groups in total. The normalized spacial score (nSPS) is 23.0. The molecular formula is C15H21NO3. The molecule has 1 fully saturated rings. The molecule has 1 aliphatic rings. The fraction of sp³-hybridized carbons (Fsp3) is 0.533. The summed E-state index contributed by atoms with van der Waals surface area (Å²) in [5.41, 5.74) is 0.383. The second kappa shape index (κ2) is 5.95. The fourth-order valence-corrected chi connectivity index (χ4v) is 2.73. The van der Waals surface area contributed by atoms with E-state index in [0.29, 0.717) is 11.5 Å². The van der Waals surface area contributed by atoms with Gasteiger partial charge in [0.25, 0.3) is 5.91 Å². The molecule has 0 radical (unpaired) electrons. The van der Waals surface area contributed by atoms with Crippen LogP contribution < -0.4 is 5.32 Å². The Morgan fingerprint density at radius 2 is 2.11 bits per heavy atom. The molecule has 1 aromatic carbocycles. The van der Waals surface area contributed by atoms with Gasteiger partial charge in [-0.3, -0.25) is 4.79 Å². The summed E-state index contributed by atoms with van der Waals surface area (Å²) in [6, 6.07) is 4.37. The van der Waals surface area contributed by atoms with Gasteiger partial charge in [0.15, 0.2) is 11.5 Å². The third kappa shape index (κ3) is 3.40. The van der Waals surface area contributed by atoms with Crippen LogP contribution in [0.2, 0.25) is 0 Å². The lowest BCUT2D eigenvalue weighted by Crippen LogP contribution is -2.38. The highest BCUT2D eigenvalue weighted by atomic mass is 16.3. The first-order valence-corrected chi connectivity index (χ1v) is 6.93. The first kappa shape index (κ1) is 13.7. The summed E-state index contributed by atoms with van der Waals surface area (Å²) in [6.07, 6.45) is 5.62. The van der Waals surface area contributed by atoms with Crippen molar-refractivity contribution in [1.29, 1.82) is 0 Å². The van der Waals surface area contributed by atoms with Crippen LogP contribution in [0.3, 0.4) is 0 Å². The van der Waals surface area contributed by atoms with Gasteiger partial charge in [-0.1, -0.05) is 26.2 Å². The molecule has 2 unspecified atom stereocenters. The minimum atomic E-state index is -0.261. The van der Waals surface area contributed by atoms with E-state index in [4.69, 9.17) is 0 Å². The number of hydrogen-bond acceptors (Lipinski definition) is 3. The molecule has 19 heavy (non-hydrogen) atoms. The molecule has 4 heteroatoms. The van der Waals surface area contributed by atoms with Crippen LogP contribution >= 0.6 is 0 Å². The number of phenols is 2. The average Bonchev–Trinajstić information content (AvgIpc) is 2.42. The van der Waals surface area contributed by atoms with Gasteiger partial charge in [-0.2, -0.15) is 0 Å². The molecule has 0 aliphatic heterocycles. The predicted octanol–water partition coefficient (Wildman–Crippen LogP) is 2.80. The number of nitrogens with one attached hydrogen (secondary N) is 1. The Kier molecular flexibility index (Phi) is 4.30. The smallest absolute Gasteiger partial charge is 0.251 e. The molecule has 0 spiro atoms. The maximum absolute atomic E-state index is 12.1. The van der Waals surface area contributed by atoms with E-state index < -0.39 is 0 Å². The van der Waals surface area contributed by atoms with Crippen molar-refractivity contribution in [3.05, 3.63) is 23.8 Å². The van der Waals surface area contributed by atoms with Crippen LogP contribution in [-0.4, -0.2) is 22.2 Å². The summed E-state index contributed by atoms with van der Waals surface area (Å²) >= 11 is 0. The highest BCUT2D eigenvalue weighted by molar-refractivity contribution is 5.95. The van der Waals surface area contributed by atoms with Gasteiger partial charge in [-0.25, -0.2) is 0 Å². The molecule has 2 atom stereocenters. The number of hydrogen-bond donors (Lipinski definition) is 3. The third-order valence-corrected chi connectivity index (χ3v) is 3.93. The van der Waals surface area contributed by atoms with Crippen molar-refractivity contribution in [3.8, 4) is 11.5 Å². The minimum Gasteiger partial charge on any atom is -0.504 e. The number of rotatable bonds is 3. The lowest BCUT2D eigenvalue weighted by atomic mass is 9.84. The van der Waals surface area contributed by atoms with E-state index >= 15 is 0 Å². The monoisotopic (exact) mass is 263 g/mol. The number of carbonyl (C=O) groups excluding carboxylic acids is 1. The molecular weight excluding hydrogens is 242 g/mol. The topological polar surface area (TPSA) is 69.6 Å². The summed E-state index contributed by atoms with van der Waals surface area (Å²) in [7, 11) is 0. The first-order valence-electron chi connectivity index (χ1n) is 6.93. The Balaban J connectivity index is 1.98. The fourth-order valence-electron chi connectivity index (χ4n) is 2.73. The van der Waals surface area contributed by atoms with Crippen molar-refractivity contribution in [2.24, 2.45) is 5.92 Å². The largest absolute Gasteiger partial charge is 0.504 e. The number of aromatic hydroxyl groups is 2.